The first-order valence-corrected chi connectivity index (χ1v) is 8.67. The second-order valence-electron chi connectivity index (χ2n) is 5.22. The molecule has 1 unspecified atom stereocenters. The van der Waals surface area contributed by atoms with Crippen LogP contribution in [-0.4, -0.2) is 29.8 Å². The summed E-state index contributed by atoms with van der Waals surface area (Å²) in [5, 5.41) is 2.86. The van der Waals surface area contributed by atoms with Crippen molar-refractivity contribution in [1.82, 2.24) is 10.2 Å². The van der Waals surface area contributed by atoms with Gasteiger partial charge in [-0.1, -0.05) is 64.4 Å². The van der Waals surface area contributed by atoms with Crippen LogP contribution in [0.1, 0.15) is 52.2 Å². The topological polar surface area (TPSA) is 49.4 Å². The lowest BCUT2D eigenvalue weighted by Gasteiger charge is -2.15. The van der Waals surface area contributed by atoms with Crippen LogP contribution in [0.15, 0.2) is 24.3 Å². The molecule has 0 aromatic heterocycles. The molecule has 130 valence electrons. The summed E-state index contributed by atoms with van der Waals surface area (Å²) < 4.78 is 0. The summed E-state index contributed by atoms with van der Waals surface area (Å²) in [6.07, 6.45) is 0.851. The summed E-state index contributed by atoms with van der Waals surface area (Å²) in [7, 11) is 0. The van der Waals surface area contributed by atoms with Crippen molar-refractivity contribution in [3.8, 4) is 0 Å². The van der Waals surface area contributed by atoms with E-state index in [1.807, 2.05) is 65.8 Å². The van der Waals surface area contributed by atoms with E-state index in [4.69, 9.17) is 0 Å². The Labute approximate surface area is 141 Å². The highest BCUT2D eigenvalue weighted by Gasteiger charge is 2.28. The van der Waals surface area contributed by atoms with Crippen LogP contribution in [0.2, 0.25) is 0 Å². The molecule has 4 heteroatoms. The van der Waals surface area contributed by atoms with Crippen LogP contribution in [0.3, 0.4) is 0 Å². The highest BCUT2D eigenvalue weighted by atomic mass is 16.2. The van der Waals surface area contributed by atoms with Gasteiger partial charge in [0.2, 0.25) is 11.8 Å². The Bertz CT molecular complexity index is 486. The SMILES string of the molecule is CC.CC.Cc1cccc(CNC(=O)CN2CCC(C)C2=O)c1. The number of nitrogens with zero attached hydrogens (tertiary/aromatic N) is 1. The maximum atomic E-state index is 11.8. The number of benzene rings is 1. The first-order valence-electron chi connectivity index (χ1n) is 8.67. The molecule has 0 aliphatic carbocycles. The predicted octanol–water partition coefficient (Wildman–Crippen LogP) is 3.53. The fourth-order valence-electron chi connectivity index (χ4n) is 2.30. The molecule has 1 aliphatic rings. The van der Waals surface area contributed by atoms with E-state index >= 15 is 0 Å². The second kappa shape index (κ2) is 11.7. The molecule has 0 bridgehead atoms. The lowest BCUT2D eigenvalue weighted by Crippen LogP contribution is -2.38. The minimum Gasteiger partial charge on any atom is -0.350 e. The van der Waals surface area contributed by atoms with Crippen molar-refractivity contribution in [3.63, 3.8) is 0 Å². The van der Waals surface area contributed by atoms with Crippen molar-refractivity contribution in [2.75, 3.05) is 13.1 Å². The van der Waals surface area contributed by atoms with Crippen LogP contribution in [0, 0.1) is 12.8 Å². The van der Waals surface area contributed by atoms with Crippen molar-refractivity contribution in [2.24, 2.45) is 5.92 Å². The lowest BCUT2D eigenvalue weighted by atomic mass is 10.1. The third-order valence-electron chi connectivity index (χ3n) is 3.47. The first kappa shape index (κ1) is 21.2. The molecule has 1 saturated heterocycles. The van der Waals surface area contributed by atoms with Crippen LogP contribution in [-0.2, 0) is 16.1 Å². The molecule has 0 saturated carbocycles. The van der Waals surface area contributed by atoms with Gasteiger partial charge in [0, 0.05) is 19.0 Å². The summed E-state index contributed by atoms with van der Waals surface area (Å²) in [5.74, 6) is 0.0548. The number of carbonyl (C=O) groups excluding carboxylic acids is 2. The Kier molecular flexibility index (Phi) is 10.8. The van der Waals surface area contributed by atoms with E-state index in [-0.39, 0.29) is 24.3 Å². The number of hydrogen-bond donors (Lipinski definition) is 1. The zero-order valence-electron chi connectivity index (χ0n) is 15.5. The normalized spacial score (nSPS) is 16.0. The fraction of sp³-hybridized carbons (Fsp3) is 0.579. The maximum Gasteiger partial charge on any atom is 0.239 e. The third-order valence-corrected chi connectivity index (χ3v) is 3.47. The van der Waals surface area contributed by atoms with Gasteiger partial charge in [-0.05, 0) is 18.9 Å². The van der Waals surface area contributed by atoms with E-state index < -0.39 is 0 Å². The third kappa shape index (κ3) is 7.31. The summed E-state index contributed by atoms with van der Waals surface area (Å²) in [6.45, 7) is 13.3. The lowest BCUT2D eigenvalue weighted by molar-refractivity contribution is -0.135. The molecule has 0 radical (unpaired) electrons. The number of nitrogens with one attached hydrogen (secondary N) is 1. The number of aryl methyl sites for hydroxylation is 1. The van der Waals surface area contributed by atoms with Gasteiger partial charge in [0.1, 0.15) is 0 Å². The fourth-order valence-corrected chi connectivity index (χ4v) is 2.30. The van der Waals surface area contributed by atoms with Gasteiger partial charge in [0.05, 0.1) is 6.54 Å². The van der Waals surface area contributed by atoms with E-state index in [1.54, 1.807) is 4.90 Å². The molecule has 1 heterocycles. The highest BCUT2D eigenvalue weighted by molar-refractivity contribution is 5.86. The zero-order valence-corrected chi connectivity index (χ0v) is 15.5. The Balaban J connectivity index is 0.00000112. The van der Waals surface area contributed by atoms with E-state index in [2.05, 4.69) is 5.32 Å². The number of likely N-dealkylation sites (tertiary alicyclic amines) is 1. The van der Waals surface area contributed by atoms with Gasteiger partial charge in [0.25, 0.3) is 0 Å². The molecule has 1 atom stereocenters. The summed E-state index contributed by atoms with van der Waals surface area (Å²) >= 11 is 0. The Hall–Kier alpha value is -1.84. The monoisotopic (exact) mass is 320 g/mol. The van der Waals surface area contributed by atoms with Crippen molar-refractivity contribution < 1.29 is 9.59 Å². The zero-order chi connectivity index (χ0) is 17.8. The minimum atomic E-state index is -0.0936. The molecule has 1 aromatic rings. The number of hydrogen-bond acceptors (Lipinski definition) is 2. The Morgan fingerprint density at radius 1 is 1.26 bits per heavy atom. The number of rotatable bonds is 4. The standard InChI is InChI=1S/C15H20N2O2.2C2H6/c1-11-4-3-5-13(8-11)9-16-14(18)10-17-7-6-12(2)15(17)19;2*1-2/h3-5,8,12H,6-7,9-10H2,1-2H3,(H,16,18);2*1-2H3. The van der Waals surface area contributed by atoms with Gasteiger partial charge in [-0.3, -0.25) is 9.59 Å². The average molecular weight is 320 g/mol. The predicted molar refractivity (Wildman–Crippen MR) is 96.1 cm³/mol. The summed E-state index contributed by atoms with van der Waals surface area (Å²) in [6, 6.07) is 8.03. The van der Waals surface area contributed by atoms with Gasteiger partial charge in [-0.25, -0.2) is 0 Å². The Morgan fingerprint density at radius 3 is 2.43 bits per heavy atom. The van der Waals surface area contributed by atoms with E-state index in [1.165, 1.54) is 5.56 Å². The van der Waals surface area contributed by atoms with Crippen molar-refractivity contribution in [1.29, 1.82) is 0 Å². The van der Waals surface area contributed by atoms with Crippen LogP contribution < -0.4 is 5.32 Å². The molecule has 1 aliphatic heterocycles. The Morgan fingerprint density at radius 2 is 1.91 bits per heavy atom. The summed E-state index contributed by atoms with van der Waals surface area (Å²) in [4.78, 5) is 25.1. The van der Waals surface area contributed by atoms with Gasteiger partial charge in [0.15, 0.2) is 0 Å². The molecule has 4 nitrogen and oxygen atoms in total. The maximum absolute atomic E-state index is 11.8. The molecule has 1 fully saturated rings. The van der Waals surface area contributed by atoms with Crippen molar-refractivity contribution >= 4 is 11.8 Å². The van der Waals surface area contributed by atoms with Gasteiger partial charge >= 0.3 is 0 Å². The quantitative estimate of drug-likeness (QED) is 0.922. The molecular formula is C19H32N2O2. The van der Waals surface area contributed by atoms with Crippen LogP contribution in [0.4, 0.5) is 0 Å². The molecule has 1 aromatic carbocycles. The molecule has 1 N–H and O–H groups in total. The van der Waals surface area contributed by atoms with E-state index in [0.717, 1.165) is 12.0 Å². The number of carbonyl (C=O) groups is 2. The number of amides is 2. The van der Waals surface area contributed by atoms with Crippen LogP contribution in [0.5, 0.6) is 0 Å². The van der Waals surface area contributed by atoms with Crippen molar-refractivity contribution in [2.45, 2.75) is 54.5 Å². The first-order chi connectivity index (χ1) is 11.1. The van der Waals surface area contributed by atoms with E-state index in [9.17, 15) is 9.59 Å². The summed E-state index contributed by atoms with van der Waals surface area (Å²) in [5.41, 5.74) is 2.25. The highest BCUT2D eigenvalue weighted by Crippen LogP contribution is 2.16. The molecule has 0 spiro atoms. The van der Waals surface area contributed by atoms with Gasteiger partial charge in [-0.15, -0.1) is 0 Å². The molecular weight excluding hydrogens is 288 g/mol. The molecule has 23 heavy (non-hydrogen) atoms. The van der Waals surface area contributed by atoms with Gasteiger partial charge < -0.3 is 10.2 Å². The molecule has 2 rings (SSSR count). The van der Waals surface area contributed by atoms with Crippen LogP contribution >= 0.6 is 0 Å². The van der Waals surface area contributed by atoms with Crippen molar-refractivity contribution in [3.05, 3.63) is 35.4 Å². The average Bonchev–Trinajstić information content (AvgIpc) is 2.89. The largest absolute Gasteiger partial charge is 0.350 e. The minimum absolute atomic E-state index is 0.0598. The van der Waals surface area contributed by atoms with Crippen LogP contribution in [0.25, 0.3) is 0 Å². The van der Waals surface area contributed by atoms with Gasteiger partial charge in [-0.2, -0.15) is 0 Å². The van der Waals surface area contributed by atoms with E-state index in [0.29, 0.717) is 13.1 Å². The molecule has 2 amide bonds. The second-order valence-corrected chi connectivity index (χ2v) is 5.22. The smallest absolute Gasteiger partial charge is 0.239 e.